The van der Waals surface area contributed by atoms with Gasteiger partial charge in [0.2, 0.25) is 0 Å². The second-order valence-corrected chi connectivity index (χ2v) is 5.69. The van der Waals surface area contributed by atoms with Crippen LogP contribution >= 0.6 is 0 Å². The van der Waals surface area contributed by atoms with Crippen LogP contribution in [0.4, 0.5) is 5.82 Å². The normalized spacial score (nSPS) is 15.9. The van der Waals surface area contributed by atoms with Gasteiger partial charge in [0.05, 0.1) is 0 Å². The van der Waals surface area contributed by atoms with E-state index in [9.17, 15) is 0 Å². The summed E-state index contributed by atoms with van der Waals surface area (Å²) < 4.78 is 0. The summed E-state index contributed by atoms with van der Waals surface area (Å²) in [7, 11) is 2.18. The number of nitrogens with one attached hydrogen (secondary N) is 1. The topological polar surface area (TPSA) is 28.2 Å². The lowest BCUT2D eigenvalue weighted by molar-refractivity contribution is 0.543. The summed E-state index contributed by atoms with van der Waals surface area (Å²) in [5.74, 6) is 2.02. The van der Waals surface area contributed by atoms with Crippen molar-refractivity contribution in [3.63, 3.8) is 0 Å². The van der Waals surface area contributed by atoms with E-state index in [0.29, 0.717) is 0 Å². The zero-order valence-electron chi connectivity index (χ0n) is 12.4. The van der Waals surface area contributed by atoms with E-state index in [2.05, 4.69) is 35.2 Å². The van der Waals surface area contributed by atoms with Crippen molar-refractivity contribution in [1.29, 1.82) is 0 Å². The van der Waals surface area contributed by atoms with Crippen molar-refractivity contribution < 1.29 is 0 Å². The van der Waals surface area contributed by atoms with Crippen LogP contribution in [0.3, 0.4) is 0 Å². The number of anilines is 1. The van der Waals surface area contributed by atoms with Crippen LogP contribution < -0.4 is 10.2 Å². The lowest BCUT2D eigenvalue weighted by Gasteiger charge is -2.24. The molecule has 3 nitrogen and oxygen atoms in total. The Morgan fingerprint density at radius 2 is 2.16 bits per heavy atom. The molecule has 0 aliphatic heterocycles. The zero-order valence-corrected chi connectivity index (χ0v) is 12.4. The van der Waals surface area contributed by atoms with Crippen LogP contribution in [0.2, 0.25) is 0 Å². The predicted octanol–water partition coefficient (Wildman–Crippen LogP) is 3.21. The van der Waals surface area contributed by atoms with Crippen LogP contribution in [-0.2, 0) is 6.54 Å². The summed E-state index contributed by atoms with van der Waals surface area (Å²) in [6, 6.07) is 4.23. The van der Waals surface area contributed by atoms with Gasteiger partial charge in [-0.15, -0.1) is 0 Å². The van der Waals surface area contributed by atoms with Gasteiger partial charge in [-0.25, -0.2) is 4.98 Å². The fourth-order valence-corrected chi connectivity index (χ4v) is 2.98. The van der Waals surface area contributed by atoms with Gasteiger partial charge >= 0.3 is 0 Å². The number of nitrogens with zero attached hydrogens (tertiary/aromatic N) is 2. The maximum absolute atomic E-state index is 4.59. The van der Waals surface area contributed by atoms with Crippen molar-refractivity contribution in [2.24, 2.45) is 5.92 Å². The first-order valence-electron chi connectivity index (χ1n) is 7.67. The van der Waals surface area contributed by atoms with Gasteiger partial charge in [-0.2, -0.15) is 0 Å². The van der Waals surface area contributed by atoms with Gasteiger partial charge < -0.3 is 10.2 Å². The Morgan fingerprint density at radius 3 is 2.89 bits per heavy atom. The van der Waals surface area contributed by atoms with Crippen LogP contribution in [0.15, 0.2) is 18.3 Å². The summed E-state index contributed by atoms with van der Waals surface area (Å²) in [6.45, 7) is 5.34. The average molecular weight is 261 g/mol. The monoisotopic (exact) mass is 261 g/mol. The highest BCUT2D eigenvalue weighted by atomic mass is 15.2. The highest BCUT2D eigenvalue weighted by Crippen LogP contribution is 2.27. The molecular formula is C16H27N3. The van der Waals surface area contributed by atoms with E-state index in [4.69, 9.17) is 0 Å². The summed E-state index contributed by atoms with van der Waals surface area (Å²) in [4.78, 5) is 6.93. The lowest BCUT2D eigenvalue weighted by Crippen LogP contribution is -2.27. The second-order valence-electron chi connectivity index (χ2n) is 5.69. The molecule has 19 heavy (non-hydrogen) atoms. The molecule has 1 aromatic rings. The van der Waals surface area contributed by atoms with Crippen molar-refractivity contribution in [3.8, 4) is 0 Å². The molecule has 1 fully saturated rings. The zero-order chi connectivity index (χ0) is 13.5. The third kappa shape index (κ3) is 4.20. The molecular weight excluding hydrogens is 234 g/mol. The van der Waals surface area contributed by atoms with Crippen molar-refractivity contribution in [2.75, 3.05) is 25.0 Å². The van der Waals surface area contributed by atoms with E-state index in [-0.39, 0.29) is 0 Å². The number of hydrogen-bond donors (Lipinski definition) is 1. The number of hydrogen-bond acceptors (Lipinski definition) is 3. The highest BCUT2D eigenvalue weighted by molar-refractivity contribution is 5.46. The van der Waals surface area contributed by atoms with Gasteiger partial charge in [0, 0.05) is 31.9 Å². The van der Waals surface area contributed by atoms with Crippen molar-refractivity contribution >= 4 is 5.82 Å². The summed E-state index contributed by atoms with van der Waals surface area (Å²) in [5.41, 5.74) is 1.32. The minimum Gasteiger partial charge on any atom is -0.359 e. The van der Waals surface area contributed by atoms with E-state index < -0.39 is 0 Å². The average Bonchev–Trinajstić information content (AvgIpc) is 2.92. The van der Waals surface area contributed by atoms with E-state index >= 15 is 0 Å². The molecule has 106 valence electrons. The molecule has 0 spiro atoms. The fraction of sp³-hybridized carbons (Fsp3) is 0.688. The molecule has 1 aliphatic rings. The quantitative estimate of drug-likeness (QED) is 0.764. The molecule has 2 rings (SSSR count). The minimum absolute atomic E-state index is 0.864. The predicted molar refractivity (Wildman–Crippen MR) is 81.5 cm³/mol. The lowest BCUT2D eigenvalue weighted by atomic mass is 10.1. The largest absolute Gasteiger partial charge is 0.359 e. The third-order valence-corrected chi connectivity index (χ3v) is 3.98. The van der Waals surface area contributed by atoms with Gasteiger partial charge in [0.15, 0.2) is 0 Å². The Balaban J connectivity index is 1.96. The van der Waals surface area contributed by atoms with Gasteiger partial charge in [0.1, 0.15) is 5.82 Å². The molecule has 1 saturated carbocycles. The van der Waals surface area contributed by atoms with Gasteiger partial charge in [-0.05, 0) is 37.8 Å². The molecule has 0 saturated heterocycles. The molecule has 1 aromatic heterocycles. The maximum Gasteiger partial charge on any atom is 0.132 e. The number of aromatic nitrogens is 1. The van der Waals surface area contributed by atoms with E-state index in [1.807, 2.05) is 12.3 Å². The SMILES string of the molecule is CCCNCc1cccnc1N(C)CC1CCCC1. The van der Waals surface area contributed by atoms with Crippen LogP contribution in [0, 0.1) is 5.92 Å². The summed E-state index contributed by atoms with van der Waals surface area (Å²) in [6.07, 6.45) is 8.68. The third-order valence-electron chi connectivity index (χ3n) is 3.98. The van der Waals surface area contributed by atoms with E-state index in [1.54, 1.807) is 0 Å². The Labute approximate surface area is 117 Å². The first kappa shape index (κ1) is 14.3. The first-order chi connectivity index (χ1) is 9.31. The molecule has 0 radical (unpaired) electrons. The van der Waals surface area contributed by atoms with Crippen molar-refractivity contribution in [2.45, 2.75) is 45.6 Å². The summed E-state index contributed by atoms with van der Waals surface area (Å²) in [5, 5.41) is 3.47. The molecule has 1 aliphatic carbocycles. The van der Waals surface area contributed by atoms with Gasteiger partial charge in [0.25, 0.3) is 0 Å². The standard InChI is InChI=1S/C16H27N3/c1-3-10-17-12-15-9-6-11-18-16(15)19(2)13-14-7-4-5-8-14/h6,9,11,14,17H,3-5,7-8,10,12-13H2,1-2H3. The van der Waals surface area contributed by atoms with Crippen molar-refractivity contribution in [1.82, 2.24) is 10.3 Å². The molecule has 0 amide bonds. The molecule has 1 N–H and O–H groups in total. The van der Waals surface area contributed by atoms with Crippen LogP contribution in [0.5, 0.6) is 0 Å². The molecule has 1 heterocycles. The van der Waals surface area contributed by atoms with E-state index in [1.165, 1.54) is 37.7 Å². The Morgan fingerprint density at radius 1 is 1.37 bits per heavy atom. The number of pyridine rings is 1. The maximum atomic E-state index is 4.59. The van der Waals surface area contributed by atoms with Gasteiger partial charge in [-0.1, -0.05) is 25.8 Å². The van der Waals surface area contributed by atoms with Crippen molar-refractivity contribution in [3.05, 3.63) is 23.9 Å². The van der Waals surface area contributed by atoms with E-state index in [0.717, 1.165) is 31.4 Å². The molecule has 0 unspecified atom stereocenters. The first-order valence-corrected chi connectivity index (χ1v) is 7.67. The van der Waals surface area contributed by atoms with Crippen LogP contribution in [0.25, 0.3) is 0 Å². The smallest absolute Gasteiger partial charge is 0.132 e. The molecule has 0 aromatic carbocycles. The van der Waals surface area contributed by atoms with Crippen LogP contribution in [0.1, 0.15) is 44.6 Å². The second kappa shape index (κ2) is 7.49. The molecule has 0 atom stereocenters. The van der Waals surface area contributed by atoms with Crippen LogP contribution in [-0.4, -0.2) is 25.1 Å². The highest BCUT2D eigenvalue weighted by Gasteiger charge is 2.18. The number of rotatable bonds is 7. The Hall–Kier alpha value is -1.09. The molecule has 0 bridgehead atoms. The minimum atomic E-state index is 0.864. The summed E-state index contributed by atoms with van der Waals surface area (Å²) >= 11 is 0. The molecule has 3 heteroatoms. The Bertz CT molecular complexity index is 372. The Kier molecular flexibility index (Phi) is 5.64. The fourth-order valence-electron chi connectivity index (χ4n) is 2.98. The van der Waals surface area contributed by atoms with Gasteiger partial charge in [-0.3, -0.25) is 0 Å².